The van der Waals surface area contributed by atoms with Crippen LogP contribution in [0.15, 0.2) is 18.2 Å². The fourth-order valence-electron chi connectivity index (χ4n) is 2.74. The van der Waals surface area contributed by atoms with Crippen molar-refractivity contribution >= 4 is 5.57 Å². The number of allylic oxidation sites excluding steroid dienone is 2. The molecule has 2 rings (SSSR count). The SMILES string of the molecule is Cc1cc(O)c(C2=CC(C)CCC2)c(OC(C)C)c1. The Morgan fingerprint density at radius 1 is 1.32 bits per heavy atom. The van der Waals surface area contributed by atoms with Gasteiger partial charge in [0.05, 0.1) is 11.7 Å². The predicted octanol–water partition coefficient (Wildman–Crippen LogP) is 4.69. The van der Waals surface area contributed by atoms with E-state index < -0.39 is 0 Å². The number of aryl methyl sites for hydroxylation is 1. The summed E-state index contributed by atoms with van der Waals surface area (Å²) in [5.74, 6) is 1.74. The molecule has 1 atom stereocenters. The molecule has 0 bridgehead atoms. The number of phenols is 1. The molecule has 0 heterocycles. The van der Waals surface area contributed by atoms with Crippen LogP contribution in [0.4, 0.5) is 0 Å². The maximum absolute atomic E-state index is 10.3. The average Bonchev–Trinajstić information content (AvgIpc) is 2.26. The third-order valence-corrected chi connectivity index (χ3v) is 3.50. The van der Waals surface area contributed by atoms with E-state index in [0.29, 0.717) is 11.7 Å². The minimum absolute atomic E-state index is 0.113. The van der Waals surface area contributed by atoms with Crippen LogP contribution in [0.2, 0.25) is 0 Å². The van der Waals surface area contributed by atoms with Gasteiger partial charge in [-0.15, -0.1) is 0 Å². The molecule has 2 heteroatoms. The van der Waals surface area contributed by atoms with Gasteiger partial charge in [0.25, 0.3) is 0 Å². The van der Waals surface area contributed by atoms with Gasteiger partial charge in [-0.25, -0.2) is 0 Å². The maximum Gasteiger partial charge on any atom is 0.131 e. The van der Waals surface area contributed by atoms with E-state index in [-0.39, 0.29) is 6.10 Å². The van der Waals surface area contributed by atoms with E-state index in [4.69, 9.17) is 4.74 Å². The zero-order chi connectivity index (χ0) is 14.0. The lowest BCUT2D eigenvalue weighted by atomic mass is 9.87. The first-order chi connectivity index (χ1) is 8.97. The monoisotopic (exact) mass is 260 g/mol. The molecule has 0 amide bonds. The van der Waals surface area contributed by atoms with Crippen molar-refractivity contribution in [2.24, 2.45) is 5.92 Å². The zero-order valence-electron chi connectivity index (χ0n) is 12.4. The van der Waals surface area contributed by atoms with Crippen molar-refractivity contribution in [1.29, 1.82) is 0 Å². The number of phenolic OH excluding ortho intramolecular Hbond substituents is 1. The summed E-state index contributed by atoms with van der Waals surface area (Å²) in [7, 11) is 0. The first-order valence-electron chi connectivity index (χ1n) is 7.18. The lowest BCUT2D eigenvalue weighted by Crippen LogP contribution is -2.09. The molecule has 1 aliphatic rings. The highest BCUT2D eigenvalue weighted by Crippen LogP contribution is 2.41. The molecule has 0 saturated carbocycles. The second-order valence-corrected chi connectivity index (χ2v) is 5.89. The number of rotatable bonds is 3. The van der Waals surface area contributed by atoms with Crippen molar-refractivity contribution in [3.05, 3.63) is 29.3 Å². The van der Waals surface area contributed by atoms with Crippen molar-refractivity contribution in [3.8, 4) is 11.5 Å². The van der Waals surface area contributed by atoms with Gasteiger partial charge in [0.1, 0.15) is 11.5 Å². The molecule has 1 N–H and O–H groups in total. The van der Waals surface area contributed by atoms with Crippen LogP contribution in [-0.2, 0) is 0 Å². The van der Waals surface area contributed by atoms with E-state index in [1.165, 1.54) is 18.4 Å². The Hall–Kier alpha value is -1.44. The van der Waals surface area contributed by atoms with E-state index >= 15 is 0 Å². The second kappa shape index (κ2) is 5.68. The molecule has 0 spiro atoms. The number of ether oxygens (including phenoxy) is 1. The van der Waals surface area contributed by atoms with Crippen LogP contribution in [0.25, 0.3) is 5.57 Å². The van der Waals surface area contributed by atoms with Crippen molar-refractivity contribution in [2.45, 2.75) is 53.1 Å². The van der Waals surface area contributed by atoms with Crippen molar-refractivity contribution in [3.63, 3.8) is 0 Å². The number of hydrogen-bond donors (Lipinski definition) is 1. The summed E-state index contributed by atoms with van der Waals surface area (Å²) in [6.45, 7) is 8.24. The molecule has 0 aliphatic heterocycles. The van der Waals surface area contributed by atoms with E-state index in [9.17, 15) is 5.11 Å². The van der Waals surface area contributed by atoms with Gasteiger partial charge >= 0.3 is 0 Å². The number of benzene rings is 1. The van der Waals surface area contributed by atoms with Gasteiger partial charge in [-0.2, -0.15) is 0 Å². The first kappa shape index (κ1) is 14.0. The standard InChI is InChI=1S/C17H24O2/c1-11(2)19-16-10-13(4)9-15(18)17(16)14-7-5-6-12(3)8-14/h8-12,18H,5-7H2,1-4H3. The summed E-state index contributed by atoms with van der Waals surface area (Å²) < 4.78 is 5.89. The fourth-order valence-corrected chi connectivity index (χ4v) is 2.74. The highest BCUT2D eigenvalue weighted by atomic mass is 16.5. The van der Waals surface area contributed by atoms with E-state index in [0.717, 1.165) is 23.3 Å². The molecular formula is C17H24O2. The van der Waals surface area contributed by atoms with Crippen LogP contribution >= 0.6 is 0 Å². The fraction of sp³-hybridized carbons (Fsp3) is 0.529. The zero-order valence-corrected chi connectivity index (χ0v) is 12.4. The molecular weight excluding hydrogens is 236 g/mol. The average molecular weight is 260 g/mol. The van der Waals surface area contributed by atoms with E-state index in [1.807, 2.05) is 32.9 Å². The maximum atomic E-state index is 10.3. The van der Waals surface area contributed by atoms with Gasteiger partial charge in [-0.3, -0.25) is 0 Å². The van der Waals surface area contributed by atoms with Gasteiger partial charge in [-0.1, -0.05) is 13.0 Å². The highest BCUT2D eigenvalue weighted by molar-refractivity contribution is 5.76. The summed E-state index contributed by atoms with van der Waals surface area (Å²) in [6.07, 6.45) is 5.83. The van der Waals surface area contributed by atoms with Gasteiger partial charge in [-0.05, 0) is 69.2 Å². The predicted molar refractivity (Wildman–Crippen MR) is 79.6 cm³/mol. The highest BCUT2D eigenvalue weighted by Gasteiger charge is 2.19. The summed E-state index contributed by atoms with van der Waals surface area (Å²) in [5, 5.41) is 10.3. The smallest absolute Gasteiger partial charge is 0.131 e. The Kier molecular flexibility index (Phi) is 4.18. The normalized spacial score (nSPS) is 19.4. The van der Waals surface area contributed by atoms with Gasteiger partial charge in [0, 0.05) is 0 Å². The first-order valence-corrected chi connectivity index (χ1v) is 7.18. The summed E-state index contributed by atoms with van der Waals surface area (Å²) >= 11 is 0. The Morgan fingerprint density at radius 3 is 2.68 bits per heavy atom. The van der Waals surface area contributed by atoms with Gasteiger partial charge < -0.3 is 9.84 Å². The summed E-state index contributed by atoms with van der Waals surface area (Å²) in [4.78, 5) is 0. The largest absolute Gasteiger partial charge is 0.507 e. The lowest BCUT2D eigenvalue weighted by molar-refractivity contribution is 0.240. The molecule has 0 radical (unpaired) electrons. The van der Waals surface area contributed by atoms with Crippen LogP contribution in [0.1, 0.15) is 51.2 Å². The number of aromatic hydroxyl groups is 1. The Bertz CT molecular complexity index is 486. The molecule has 104 valence electrons. The topological polar surface area (TPSA) is 29.5 Å². The van der Waals surface area contributed by atoms with Gasteiger partial charge in [0.15, 0.2) is 0 Å². The molecule has 0 saturated heterocycles. The molecule has 0 fully saturated rings. The molecule has 1 unspecified atom stereocenters. The minimum atomic E-state index is 0.113. The van der Waals surface area contributed by atoms with E-state index in [1.54, 1.807) is 0 Å². The molecule has 2 nitrogen and oxygen atoms in total. The summed E-state index contributed by atoms with van der Waals surface area (Å²) in [5.41, 5.74) is 3.15. The molecule has 1 aliphatic carbocycles. The van der Waals surface area contributed by atoms with Crippen LogP contribution in [0.3, 0.4) is 0 Å². The Labute approximate surface area is 116 Å². The second-order valence-electron chi connectivity index (χ2n) is 5.89. The molecule has 1 aromatic carbocycles. The molecule has 1 aromatic rings. The third kappa shape index (κ3) is 3.31. The Morgan fingerprint density at radius 2 is 2.05 bits per heavy atom. The Balaban J connectivity index is 2.48. The van der Waals surface area contributed by atoms with Crippen LogP contribution in [-0.4, -0.2) is 11.2 Å². The van der Waals surface area contributed by atoms with Gasteiger partial charge in [0.2, 0.25) is 0 Å². The minimum Gasteiger partial charge on any atom is -0.507 e. The lowest BCUT2D eigenvalue weighted by Gasteiger charge is -2.22. The number of hydrogen-bond acceptors (Lipinski definition) is 2. The third-order valence-electron chi connectivity index (χ3n) is 3.50. The quantitative estimate of drug-likeness (QED) is 0.854. The van der Waals surface area contributed by atoms with Crippen molar-refractivity contribution in [2.75, 3.05) is 0 Å². The summed E-state index contributed by atoms with van der Waals surface area (Å²) in [6, 6.07) is 3.85. The molecule has 0 aromatic heterocycles. The van der Waals surface area contributed by atoms with Crippen molar-refractivity contribution in [1.82, 2.24) is 0 Å². The van der Waals surface area contributed by atoms with Crippen molar-refractivity contribution < 1.29 is 9.84 Å². The van der Waals surface area contributed by atoms with Crippen LogP contribution in [0.5, 0.6) is 11.5 Å². The van der Waals surface area contributed by atoms with Crippen LogP contribution < -0.4 is 4.74 Å². The van der Waals surface area contributed by atoms with Crippen LogP contribution in [0, 0.1) is 12.8 Å². The van der Waals surface area contributed by atoms with E-state index in [2.05, 4.69) is 13.0 Å². The molecule has 19 heavy (non-hydrogen) atoms.